The second-order valence-corrected chi connectivity index (χ2v) is 4.83. The van der Waals surface area contributed by atoms with E-state index in [-0.39, 0.29) is 5.56 Å². The van der Waals surface area contributed by atoms with Gasteiger partial charge in [-0.3, -0.25) is 4.90 Å². The molecule has 0 saturated carbocycles. The van der Waals surface area contributed by atoms with Crippen LogP contribution in [0.4, 0.5) is 0 Å². The zero-order valence-electron chi connectivity index (χ0n) is 11.9. The van der Waals surface area contributed by atoms with Crippen LogP contribution in [0.1, 0.15) is 37.0 Å². The summed E-state index contributed by atoms with van der Waals surface area (Å²) in [6.07, 6.45) is 2.15. The Bertz CT molecular complexity index is 588. The Morgan fingerprint density at radius 3 is 2.60 bits per heavy atom. The van der Waals surface area contributed by atoms with Gasteiger partial charge in [0.15, 0.2) is 0 Å². The Hall–Kier alpha value is -1.95. The highest BCUT2D eigenvalue weighted by atomic mass is 16.4. The van der Waals surface area contributed by atoms with Gasteiger partial charge in [-0.15, -0.1) is 5.10 Å². The lowest BCUT2D eigenvalue weighted by Gasteiger charge is -2.20. The third-order valence-corrected chi connectivity index (χ3v) is 3.19. The number of hydrogen-bond donors (Lipinski definition) is 1. The van der Waals surface area contributed by atoms with Gasteiger partial charge in [-0.1, -0.05) is 25.1 Å². The van der Waals surface area contributed by atoms with Gasteiger partial charge in [0.25, 0.3) is 0 Å². The smallest absolute Gasteiger partial charge is 0.338 e. The van der Waals surface area contributed by atoms with E-state index in [0.717, 1.165) is 31.4 Å². The molecule has 1 heterocycles. The molecule has 0 aliphatic carbocycles. The Morgan fingerprint density at radius 2 is 2.00 bits per heavy atom. The average molecular weight is 276 g/mol. The maximum atomic E-state index is 11.2. The summed E-state index contributed by atoms with van der Waals surface area (Å²) in [7, 11) is 0. The van der Waals surface area contributed by atoms with Gasteiger partial charge in [-0.05, 0) is 38.1 Å². The number of nitrogens with zero attached hydrogens (tertiary/aromatic N) is 4. The number of aromatic nitrogens is 3. The van der Waals surface area contributed by atoms with Crippen LogP contribution >= 0.6 is 0 Å². The summed E-state index contributed by atoms with van der Waals surface area (Å²) >= 11 is 0. The van der Waals surface area contributed by atoms with Gasteiger partial charge in [-0.25, -0.2) is 9.48 Å². The molecule has 2 rings (SSSR count). The van der Waals surface area contributed by atoms with E-state index in [0.29, 0.717) is 12.2 Å². The lowest BCUT2D eigenvalue weighted by molar-refractivity contribution is 0.0699. The Morgan fingerprint density at radius 1 is 1.30 bits per heavy atom. The standard InChI is InChI=1S/C14H20N4O2/c1-3-8-17(9-4-2)10-18-12-7-5-6-11(14(19)20)13(12)15-16-18/h5-7H,3-4,8-10H2,1-2H3,(H,19,20). The van der Waals surface area contributed by atoms with Crippen molar-refractivity contribution in [1.29, 1.82) is 0 Å². The second-order valence-electron chi connectivity index (χ2n) is 4.83. The molecule has 6 nitrogen and oxygen atoms in total. The first-order valence-corrected chi connectivity index (χ1v) is 6.95. The van der Waals surface area contributed by atoms with E-state index in [1.165, 1.54) is 0 Å². The van der Waals surface area contributed by atoms with Gasteiger partial charge in [0.2, 0.25) is 0 Å². The molecule has 1 aromatic carbocycles. The van der Waals surface area contributed by atoms with Crippen molar-refractivity contribution in [3.63, 3.8) is 0 Å². The molecule has 2 aromatic rings. The molecule has 0 aliphatic rings. The fraction of sp³-hybridized carbons (Fsp3) is 0.500. The molecule has 1 aromatic heterocycles. The highest BCUT2D eigenvalue weighted by molar-refractivity contribution is 6.00. The highest BCUT2D eigenvalue weighted by Gasteiger charge is 2.14. The maximum absolute atomic E-state index is 11.2. The minimum Gasteiger partial charge on any atom is -0.478 e. The number of rotatable bonds is 7. The van der Waals surface area contributed by atoms with Crippen molar-refractivity contribution in [1.82, 2.24) is 19.9 Å². The number of benzene rings is 1. The molecular formula is C14H20N4O2. The van der Waals surface area contributed by atoms with E-state index in [1.54, 1.807) is 16.8 Å². The maximum Gasteiger partial charge on any atom is 0.338 e. The quantitative estimate of drug-likeness (QED) is 0.839. The molecule has 0 atom stereocenters. The summed E-state index contributed by atoms with van der Waals surface area (Å²) < 4.78 is 1.77. The van der Waals surface area contributed by atoms with Crippen molar-refractivity contribution in [3.05, 3.63) is 23.8 Å². The van der Waals surface area contributed by atoms with Crippen LogP contribution in [0.3, 0.4) is 0 Å². The molecule has 6 heteroatoms. The monoisotopic (exact) mass is 276 g/mol. The average Bonchev–Trinajstić information content (AvgIpc) is 2.82. The van der Waals surface area contributed by atoms with Crippen molar-refractivity contribution < 1.29 is 9.90 Å². The first-order valence-electron chi connectivity index (χ1n) is 6.95. The van der Waals surface area contributed by atoms with Crippen LogP contribution in [-0.4, -0.2) is 44.1 Å². The van der Waals surface area contributed by atoms with Crippen LogP contribution < -0.4 is 0 Å². The summed E-state index contributed by atoms with van der Waals surface area (Å²) in [5.41, 5.74) is 1.42. The van der Waals surface area contributed by atoms with Gasteiger partial charge in [0.1, 0.15) is 5.52 Å². The largest absolute Gasteiger partial charge is 0.478 e. The van der Waals surface area contributed by atoms with Crippen LogP contribution in [0.2, 0.25) is 0 Å². The van der Waals surface area contributed by atoms with Crippen LogP contribution in [0, 0.1) is 0 Å². The molecule has 0 amide bonds. The summed E-state index contributed by atoms with van der Waals surface area (Å²) in [5.74, 6) is -0.971. The van der Waals surface area contributed by atoms with Crippen LogP contribution in [0.25, 0.3) is 11.0 Å². The van der Waals surface area contributed by atoms with Crippen molar-refractivity contribution in [2.45, 2.75) is 33.4 Å². The van der Waals surface area contributed by atoms with Crippen LogP contribution in [0.5, 0.6) is 0 Å². The molecule has 0 spiro atoms. The zero-order valence-corrected chi connectivity index (χ0v) is 11.9. The Balaban J connectivity index is 2.31. The zero-order chi connectivity index (χ0) is 14.5. The van der Waals surface area contributed by atoms with Crippen molar-refractivity contribution >= 4 is 17.0 Å². The highest BCUT2D eigenvalue weighted by Crippen LogP contribution is 2.16. The molecule has 0 fully saturated rings. The molecule has 0 bridgehead atoms. The lowest BCUT2D eigenvalue weighted by Crippen LogP contribution is -2.28. The van der Waals surface area contributed by atoms with Crippen LogP contribution in [0.15, 0.2) is 18.2 Å². The molecule has 0 radical (unpaired) electrons. The SMILES string of the molecule is CCCN(CCC)Cn1nnc2c(C(=O)O)cccc21. The van der Waals surface area contributed by atoms with Crippen molar-refractivity contribution in [2.24, 2.45) is 0 Å². The summed E-state index contributed by atoms with van der Waals surface area (Å²) in [5, 5.41) is 17.3. The fourth-order valence-corrected chi connectivity index (χ4v) is 2.34. The molecule has 108 valence electrons. The van der Waals surface area contributed by atoms with E-state index in [9.17, 15) is 4.79 Å². The summed E-state index contributed by atoms with van der Waals surface area (Å²) in [6, 6.07) is 5.15. The number of carboxylic acids is 1. The second kappa shape index (κ2) is 6.47. The van der Waals surface area contributed by atoms with E-state index >= 15 is 0 Å². The normalized spacial score (nSPS) is 11.3. The van der Waals surface area contributed by atoms with Gasteiger partial charge in [-0.2, -0.15) is 0 Å². The van der Waals surface area contributed by atoms with Gasteiger partial charge in [0.05, 0.1) is 17.7 Å². The number of fused-ring (bicyclic) bond motifs is 1. The number of aromatic carboxylic acids is 1. The Labute approximate surface area is 118 Å². The molecule has 0 saturated heterocycles. The third-order valence-electron chi connectivity index (χ3n) is 3.19. The van der Waals surface area contributed by atoms with E-state index in [4.69, 9.17) is 5.11 Å². The molecule has 20 heavy (non-hydrogen) atoms. The Kier molecular flexibility index (Phi) is 4.68. The van der Waals surface area contributed by atoms with Gasteiger partial charge in [0, 0.05) is 0 Å². The van der Waals surface area contributed by atoms with E-state index in [1.807, 2.05) is 6.07 Å². The minimum atomic E-state index is -0.971. The molecular weight excluding hydrogens is 256 g/mol. The predicted molar refractivity (Wildman–Crippen MR) is 76.6 cm³/mol. The summed E-state index contributed by atoms with van der Waals surface area (Å²) in [4.78, 5) is 13.5. The predicted octanol–water partition coefficient (Wildman–Crippen LogP) is 2.21. The summed E-state index contributed by atoms with van der Waals surface area (Å²) in [6.45, 7) is 6.91. The van der Waals surface area contributed by atoms with E-state index in [2.05, 4.69) is 29.1 Å². The number of hydrogen-bond acceptors (Lipinski definition) is 4. The van der Waals surface area contributed by atoms with Gasteiger partial charge >= 0.3 is 5.97 Å². The van der Waals surface area contributed by atoms with E-state index < -0.39 is 5.97 Å². The van der Waals surface area contributed by atoms with Gasteiger partial charge < -0.3 is 5.11 Å². The first kappa shape index (κ1) is 14.5. The minimum absolute atomic E-state index is 0.200. The lowest BCUT2D eigenvalue weighted by atomic mass is 10.2. The number of carbonyl (C=O) groups is 1. The molecule has 1 N–H and O–H groups in total. The molecule has 0 aliphatic heterocycles. The van der Waals surface area contributed by atoms with Crippen LogP contribution in [-0.2, 0) is 6.67 Å². The fourth-order valence-electron chi connectivity index (χ4n) is 2.34. The molecule has 0 unspecified atom stereocenters. The topological polar surface area (TPSA) is 71.2 Å². The number of carboxylic acid groups (broad SMARTS) is 1. The van der Waals surface area contributed by atoms with Crippen molar-refractivity contribution in [2.75, 3.05) is 13.1 Å². The third kappa shape index (κ3) is 2.96. The van der Waals surface area contributed by atoms with Crippen molar-refractivity contribution in [3.8, 4) is 0 Å². The first-order chi connectivity index (χ1) is 9.67.